The van der Waals surface area contributed by atoms with Gasteiger partial charge >= 0.3 is 6.18 Å². The fraction of sp³-hybridized carbons (Fsp3) is 0.217. The average molecular weight is 446 g/mol. The number of pyridine rings is 1. The molecule has 2 aromatic carbocycles. The molecule has 4 aromatic rings. The van der Waals surface area contributed by atoms with Crippen molar-refractivity contribution in [3.8, 4) is 11.6 Å². The van der Waals surface area contributed by atoms with Gasteiger partial charge in [-0.3, -0.25) is 0 Å². The van der Waals surface area contributed by atoms with Crippen molar-refractivity contribution in [3.05, 3.63) is 81.5 Å². The number of aryl methyl sites for hydroxylation is 2. The van der Waals surface area contributed by atoms with Crippen LogP contribution < -0.4 is 4.74 Å². The molecule has 0 saturated heterocycles. The molecule has 0 aliphatic rings. The van der Waals surface area contributed by atoms with Gasteiger partial charge in [-0.05, 0) is 61.7 Å². The van der Waals surface area contributed by atoms with Gasteiger partial charge in [0.1, 0.15) is 6.61 Å². The second-order valence-corrected chi connectivity index (χ2v) is 7.75. The maximum atomic E-state index is 13.0. The number of fused-ring (bicyclic) bond motifs is 1. The molecule has 0 radical (unpaired) electrons. The van der Waals surface area contributed by atoms with E-state index in [1.807, 2.05) is 32.9 Å². The van der Waals surface area contributed by atoms with Crippen molar-refractivity contribution in [1.82, 2.24) is 14.8 Å². The lowest BCUT2D eigenvalue weighted by Gasteiger charge is -2.11. The summed E-state index contributed by atoms with van der Waals surface area (Å²) in [6.45, 7) is 5.69. The normalized spacial score (nSPS) is 11.8. The van der Waals surface area contributed by atoms with Crippen LogP contribution in [0.5, 0.6) is 5.88 Å². The Morgan fingerprint density at radius 2 is 1.77 bits per heavy atom. The summed E-state index contributed by atoms with van der Waals surface area (Å²) in [5.74, 6) is 0.309. The SMILES string of the molecule is Cc1c(Cl)cccc1-n1nc(C)c2c(C)cc(OCc3cccc(C(F)(F)F)c3)nc21. The number of rotatable bonds is 4. The Hall–Kier alpha value is -3.06. The Morgan fingerprint density at radius 3 is 2.52 bits per heavy atom. The number of halogens is 4. The van der Waals surface area contributed by atoms with Crippen LogP contribution in [0.4, 0.5) is 13.2 Å². The molecule has 0 N–H and O–H groups in total. The number of ether oxygens (including phenoxy) is 1. The van der Waals surface area contributed by atoms with Crippen LogP contribution in [0.15, 0.2) is 48.5 Å². The van der Waals surface area contributed by atoms with Crippen molar-refractivity contribution in [2.75, 3.05) is 0 Å². The maximum Gasteiger partial charge on any atom is 0.416 e. The molecule has 8 heteroatoms. The minimum Gasteiger partial charge on any atom is -0.473 e. The molecule has 4 rings (SSSR count). The molecule has 160 valence electrons. The Labute approximate surface area is 182 Å². The van der Waals surface area contributed by atoms with Gasteiger partial charge in [0.2, 0.25) is 5.88 Å². The van der Waals surface area contributed by atoms with Gasteiger partial charge in [-0.15, -0.1) is 0 Å². The molecule has 0 unspecified atom stereocenters. The fourth-order valence-corrected chi connectivity index (χ4v) is 3.71. The third-order valence-corrected chi connectivity index (χ3v) is 5.50. The van der Waals surface area contributed by atoms with Crippen molar-refractivity contribution >= 4 is 22.6 Å². The van der Waals surface area contributed by atoms with Crippen LogP contribution in [0.1, 0.15) is 27.9 Å². The van der Waals surface area contributed by atoms with Crippen LogP contribution in [0.3, 0.4) is 0 Å². The van der Waals surface area contributed by atoms with Gasteiger partial charge in [-0.2, -0.15) is 23.3 Å². The fourth-order valence-electron chi connectivity index (χ4n) is 3.54. The molecule has 0 saturated carbocycles. The van der Waals surface area contributed by atoms with E-state index in [-0.39, 0.29) is 6.61 Å². The predicted octanol–water partition coefficient (Wildman–Crippen LogP) is 6.60. The van der Waals surface area contributed by atoms with Crippen molar-refractivity contribution < 1.29 is 17.9 Å². The first-order valence-electron chi connectivity index (χ1n) is 9.56. The van der Waals surface area contributed by atoms with Crippen LogP contribution in [-0.4, -0.2) is 14.8 Å². The first-order chi connectivity index (χ1) is 14.6. The van der Waals surface area contributed by atoms with Gasteiger partial charge in [0.15, 0.2) is 5.65 Å². The molecular weight excluding hydrogens is 427 g/mol. The van der Waals surface area contributed by atoms with E-state index in [1.54, 1.807) is 22.9 Å². The smallest absolute Gasteiger partial charge is 0.416 e. The van der Waals surface area contributed by atoms with E-state index in [1.165, 1.54) is 6.07 Å². The lowest BCUT2D eigenvalue weighted by atomic mass is 10.1. The van der Waals surface area contributed by atoms with E-state index >= 15 is 0 Å². The Balaban J connectivity index is 1.71. The summed E-state index contributed by atoms with van der Waals surface area (Å²) in [4.78, 5) is 4.60. The highest BCUT2D eigenvalue weighted by Gasteiger charge is 2.30. The van der Waals surface area contributed by atoms with Crippen molar-refractivity contribution in [3.63, 3.8) is 0 Å². The Bertz CT molecular complexity index is 1280. The van der Waals surface area contributed by atoms with Crippen LogP contribution in [0, 0.1) is 20.8 Å². The van der Waals surface area contributed by atoms with Crippen LogP contribution in [-0.2, 0) is 12.8 Å². The number of nitrogens with zero attached hydrogens (tertiary/aromatic N) is 3. The summed E-state index contributed by atoms with van der Waals surface area (Å²) >= 11 is 6.28. The largest absolute Gasteiger partial charge is 0.473 e. The molecule has 0 atom stereocenters. The monoisotopic (exact) mass is 445 g/mol. The summed E-state index contributed by atoms with van der Waals surface area (Å²) in [7, 11) is 0. The number of hydrogen-bond acceptors (Lipinski definition) is 3. The zero-order chi connectivity index (χ0) is 22.3. The minimum atomic E-state index is -4.40. The molecule has 2 aromatic heterocycles. The molecule has 0 fully saturated rings. The standard InChI is InChI=1S/C23H19ClF3N3O/c1-13-10-20(31-12-16-6-4-7-17(11-16)23(25,26)27)28-22-21(13)15(3)29-30(22)19-9-5-8-18(24)14(19)2/h4-11H,12H2,1-3H3. The molecule has 0 bridgehead atoms. The highest BCUT2D eigenvalue weighted by Crippen LogP contribution is 2.31. The number of alkyl halides is 3. The van der Waals surface area contributed by atoms with Crippen LogP contribution >= 0.6 is 11.6 Å². The molecule has 0 spiro atoms. The molecule has 0 amide bonds. The van der Waals surface area contributed by atoms with Crippen molar-refractivity contribution in [2.24, 2.45) is 0 Å². The highest BCUT2D eigenvalue weighted by atomic mass is 35.5. The van der Waals surface area contributed by atoms with Gasteiger partial charge in [0, 0.05) is 16.5 Å². The number of benzene rings is 2. The van der Waals surface area contributed by atoms with Crippen molar-refractivity contribution in [2.45, 2.75) is 33.6 Å². The first-order valence-corrected chi connectivity index (χ1v) is 9.94. The van der Waals surface area contributed by atoms with E-state index in [0.29, 0.717) is 22.1 Å². The van der Waals surface area contributed by atoms with E-state index in [4.69, 9.17) is 16.3 Å². The van der Waals surface area contributed by atoms with E-state index in [2.05, 4.69) is 10.1 Å². The van der Waals surface area contributed by atoms with Gasteiger partial charge < -0.3 is 4.74 Å². The average Bonchev–Trinajstić information content (AvgIpc) is 3.05. The summed E-state index contributed by atoms with van der Waals surface area (Å²) in [5, 5.41) is 6.15. The molecule has 31 heavy (non-hydrogen) atoms. The van der Waals surface area contributed by atoms with Gasteiger partial charge in [0.05, 0.1) is 16.9 Å². The first kappa shape index (κ1) is 21.2. The van der Waals surface area contributed by atoms with E-state index in [0.717, 1.165) is 40.0 Å². The summed E-state index contributed by atoms with van der Waals surface area (Å²) in [6.07, 6.45) is -4.40. The molecule has 2 heterocycles. The third-order valence-electron chi connectivity index (χ3n) is 5.09. The zero-order valence-corrected chi connectivity index (χ0v) is 17.8. The summed E-state index contributed by atoms with van der Waals surface area (Å²) < 4.78 is 46.3. The predicted molar refractivity (Wildman–Crippen MR) is 114 cm³/mol. The second kappa shape index (κ2) is 7.89. The van der Waals surface area contributed by atoms with E-state index in [9.17, 15) is 13.2 Å². The lowest BCUT2D eigenvalue weighted by molar-refractivity contribution is -0.137. The highest BCUT2D eigenvalue weighted by molar-refractivity contribution is 6.31. The molecule has 0 aliphatic heterocycles. The van der Waals surface area contributed by atoms with Gasteiger partial charge in [-0.25, -0.2) is 4.68 Å². The minimum absolute atomic E-state index is 0.0365. The number of hydrogen-bond donors (Lipinski definition) is 0. The van der Waals surface area contributed by atoms with Gasteiger partial charge in [-0.1, -0.05) is 29.8 Å². The zero-order valence-electron chi connectivity index (χ0n) is 17.1. The quantitative estimate of drug-likeness (QED) is 0.355. The maximum absolute atomic E-state index is 13.0. The van der Waals surface area contributed by atoms with Crippen LogP contribution in [0.25, 0.3) is 16.7 Å². The van der Waals surface area contributed by atoms with Gasteiger partial charge in [0.25, 0.3) is 0 Å². The topological polar surface area (TPSA) is 39.9 Å². The third kappa shape index (κ3) is 4.10. The Kier molecular flexibility index (Phi) is 5.39. The molecular formula is C23H19ClF3N3O. The van der Waals surface area contributed by atoms with Crippen LogP contribution in [0.2, 0.25) is 5.02 Å². The molecule has 0 aliphatic carbocycles. The number of aromatic nitrogens is 3. The second-order valence-electron chi connectivity index (χ2n) is 7.34. The molecule has 4 nitrogen and oxygen atoms in total. The lowest BCUT2D eigenvalue weighted by Crippen LogP contribution is -2.06. The Morgan fingerprint density at radius 1 is 1.03 bits per heavy atom. The summed E-state index contributed by atoms with van der Waals surface area (Å²) in [6, 6.07) is 12.4. The van der Waals surface area contributed by atoms with E-state index < -0.39 is 11.7 Å². The summed E-state index contributed by atoms with van der Waals surface area (Å²) in [5.41, 5.74) is 3.68. The van der Waals surface area contributed by atoms with Crippen molar-refractivity contribution in [1.29, 1.82) is 0 Å².